The minimum absolute atomic E-state index is 0.101. The Morgan fingerprint density at radius 2 is 1.78 bits per heavy atom. The highest BCUT2D eigenvalue weighted by molar-refractivity contribution is 5.45. The second kappa shape index (κ2) is 7.70. The molecule has 0 atom stereocenters. The molecule has 1 aliphatic carbocycles. The second-order valence-electron chi connectivity index (χ2n) is 8.42. The monoisotopic (exact) mass is 317 g/mol. The molecule has 2 rings (SSSR count). The molecule has 1 saturated carbocycles. The first-order chi connectivity index (χ1) is 10.8. The van der Waals surface area contributed by atoms with E-state index in [1.54, 1.807) is 0 Å². The molecule has 1 aromatic carbocycles. The standard InChI is InChI=1S/C21H35NO/c1-16(2)23-20-17(11-10-14-19(20)21(3,4)5)15-22(6)18-12-8-7-9-13-18/h10-11,14,16,18H,7-9,12-13,15H2,1-6H3. The molecule has 0 N–H and O–H groups in total. The van der Waals surface area contributed by atoms with Crippen molar-refractivity contribution >= 4 is 0 Å². The summed E-state index contributed by atoms with van der Waals surface area (Å²) in [7, 11) is 2.28. The van der Waals surface area contributed by atoms with Crippen molar-refractivity contribution < 1.29 is 4.74 Å². The molecule has 1 aliphatic rings. The van der Waals surface area contributed by atoms with Gasteiger partial charge in [-0.2, -0.15) is 0 Å². The maximum atomic E-state index is 6.26. The summed E-state index contributed by atoms with van der Waals surface area (Å²) in [6, 6.07) is 7.39. The summed E-state index contributed by atoms with van der Waals surface area (Å²) in [5.74, 6) is 1.11. The Balaban J connectivity index is 2.25. The van der Waals surface area contributed by atoms with Crippen molar-refractivity contribution in [2.45, 2.75) is 90.8 Å². The SMILES string of the molecule is CC(C)Oc1c(CN(C)C2CCCCC2)cccc1C(C)(C)C. The molecular weight excluding hydrogens is 282 g/mol. The number of ether oxygens (including phenoxy) is 1. The number of hydrogen-bond donors (Lipinski definition) is 0. The quantitative estimate of drug-likeness (QED) is 0.707. The van der Waals surface area contributed by atoms with Crippen LogP contribution in [0, 0.1) is 0 Å². The third kappa shape index (κ3) is 4.97. The van der Waals surface area contributed by atoms with Crippen molar-refractivity contribution in [2.75, 3.05) is 7.05 Å². The lowest BCUT2D eigenvalue weighted by Crippen LogP contribution is -2.33. The predicted molar refractivity (Wildman–Crippen MR) is 99.2 cm³/mol. The van der Waals surface area contributed by atoms with E-state index in [2.05, 4.69) is 64.8 Å². The van der Waals surface area contributed by atoms with Gasteiger partial charge in [0.15, 0.2) is 0 Å². The van der Waals surface area contributed by atoms with Crippen LogP contribution in [0.1, 0.15) is 77.8 Å². The number of nitrogens with zero attached hydrogens (tertiary/aromatic N) is 1. The van der Waals surface area contributed by atoms with E-state index in [1.807, 2.05) is 0 Å². The summed E-state index contributed by atoms with van der Waals surface area (Å²) in [5, 5.41) is 0. The van der Waals surface area contributed by atoms with E-state index in [4.69, 9.17) is 4.74 Å². The smallest absolute Gasteiger partial charge is 0.127 e. The van der Waals surface area contributed by atoms with Crippen LogP contribution < -0.4 is 4.74 Å². The fourth-order valence-electron chi connectivity index (χ4n) is 3.59. The van der Waals surface area contributed by atoms with E-state index in [1.165, 1.54) is 43.2 Å². The topological polar surface area (TPSA) is 12.5 Å². The molecule has 0 aromatic heterocycles. The highest BCUT2D eigenvalue weighted by Gasteiger charge is 2.24. The summed E-state index contributed by atoms with van der Waals surface area (Å²) < 4.78 is 6.26. The van der Waals surface area contributed by atoms with E-state index >= 15 is 0 Å². The summed E-state index contributed by atoms with van der Waals surface area (Å²) in [6.45, 7) is 12.0. The molecule has 0 aliphatic heterocycles. The first-order valence-corrected chi connectivity index (χ1v) is 9.28. The van der Waals surface area contributed by atoms with Crippen LogP contribution in [0.3, 0.4) is 0 Å². The Morgan fingerprint density at radius 1 is 1.13 bits per heavy atom. The largest absolute Gasteiger partial charge is 0.490 e. The average Bonchev–Trinajstić information content (AvgIpc) is 2.48. The fourth-order valence-corrected chi connectivity index (χ4v) is 3.59. The molecule has 0 spiro atoms. The highest BCUT2D eigenvalue weighted by atomic mass is 16.5. The zero-order valence-electron chi connectivity index (χ0n) is 16.0. The first kappa shape index (κ1) is 18.3. The molecule has 0 radical (unpaired) electrons. The van der Waals surface area contributed by atoms with Gasteiger partial charge in [-0.05, 0) is 44.7 Å². The van der Waals surface area contributed by atoms with Crippen molar-refractivity contribution in [3.05, 3.63) is 29.3 Å². The van der Waals surface area contributed by atoms with Crippen molar-refractivity contribution in [3.8, 4) is 5.75 Å². The zero-order valence-corrected chi connectivity index (χ0v) is 16.0. The molecule has 130 valence electrons. The molecular formula is C21H35NO. The number of rotatable bonds is 5. The van der Waals surface area contributed by atoms with E-state index in [0.717, 1.165) is 18.3 Å². The Bertz CT molecular complexity index is 495. The lowest BCUT2D eigenvalue weighted by molar-refractivity contribution is 0.178. The van der Waals surface area contributed by atoms with Crippen molar-refractivity contribution in [1.29, 1.82) is 0 Å². The maximum absolute atomic E-state index is 6.26. The lowest BCUT2D eigenvalue weighted by Gasteiger charge is -2.33. The van der Waals surface area contributed by atoms with E-state index in [0.29, 0.717) is 0 Å². The van der Waals surface area contributed by atoms with Gasteiger partial charge in [0, 0.05) is 18.2 Å². The second-order valence-corrected chi connectivity index (χ2v) is 8.42. The van der Waals surface area contributed by atoms with Crippen LogP contribution in [-0.2, 0) is 12.0 Å². The van der Waals surface area contributed by atoms with Crippen LogP contribution in [0.2, 0.25) is 0 Å². The van der Waals surface area contributed by atoms with Gasteiger partial charge in [0.1, 0.15) is 5.75 Å². The molecule has 23 heavy (non-hydrogen) atoms. The summed E-state index contributed by atoms with van der Waals surface area (Å²) in [6.07, 6.45) is 7.06. The maximum Gasteiger partial charge on any atom is 0.127 e. The Labute approximate surface area is 143 Å². The molecule has 0 saturated heterocycles. The van der Waals surface area contributed by atoms with Gasteiger partial charge in [0.25, 0.3) is 0 Å². The normalized spacial score (nSPS) is 17.0. The van der Waals surface area contributed by atoms with Crippen LogP contribution in [0.25, 0.3) is 0 Å². The van der Waals surface area contributed by atoms with Gasteiger partial charge in [-0.3, -0.25) is 4.90 Å². The Kier molecular flexibility index (Phi) is 6.13. The molecule has 0 heterocycles. The van der Waals surface area contributed by atoms with Crippen LogP contribution >= 0.6 is 0 Å². The lowest BCUT2D eigenvalue weighted by atomic mass is 9.85. The molecule has 0 unspecified atom stereocenters. The molecule has 1 aromatic rings. The zero-order chi connectivity index (χ0) is 17.0. The third-order valence-corrected chi connectivity index (χ3v) is 4.88. The van der Waals surface area contributed by atoms with E-state index in [9.17, 15) is 0 Å². The van der Waals surface area contributed by atoms with Crippen molar-refractivity contribution in [3.63, 3.8) is 0 Å². The molecule has 2 heteroatoms. The number of benzene rings is 1. The Hall–Kier alpha value is -1.02. The minimum Gasteiger partial charge on any atom is -0.490 e. The molecule has 2 nitrogen and oxygen atoms in total. The fraction of sp³-hybridized carbons (Fsp3) is 0.714. The van der Waals surface area contributed by atoms with Gasteiger partial charge in [0.05, 0.1) is 6.10 Å². The Morgan fingerprint density at radius 3 is 2.35 bits per heavy atom. The predicted octanol–water partition coefficient (Wildman–Crippen LogP) is 5.54. The summed E-state index contributed by atoms with van der Waals surface area (Å²) >= 11 is 0. The van der Waals surface area contributed by atoms with Crippen molar-refractivity contribution in [2.24, 2.45) is 0 Å². The minimum atomic E-state index is 0.101. The van der Waals surface area contributed by atoms with Gasteiger partial charge >= 0.3 is 0 Å². The third-order valence-electron chi connectivity index (χ3n) is 4.88. The first-order valence-electron chi connectivity index (χ1n) is 9.28. The van der Waals surface area contributed by atoms with Crippen LogP contribution in [-0.4, -0.2) is 24.1 Å². The van der Waals surface area contributed by atoms with Crippen LogP contribution in [0.15, 0.2) is 18.2 Å². The number of hydrogen-bond acceptors (Lipinski definition) is 2. The van der Waals surface area contributed by atoms with E-state index in [-0.39, 0.29) is 11.5 Å². The number of para-hydroxylation sites is 1. The van der Waals surface area contributed by atoms with Gasteiger partial charge in [0.2, 0.25) is 0 Å². The molecule has 0 amide bonds. The highest BCUT2D eigenvalue weighted by Crippen LogP contribution is 2.36. The van der Waals surface area contributed by atoms with Crippen LogP contribution in [0.5, 0.6) is 5.75 Å². The average molecular weight is 318 g/mol. The van der Waals surface area contributed by atoms with Gasteiger partial charge in [-0.1, -0.05) is 58.2 Å². The summed E-state index contributed by atoms with van der Waals surface area (Å²) in [4.78, 5) is 2.54. The molecule has 1 fully saturated rings. The van der Waals surface area contributed by atoms with Crippen LogP contribution in [0.4, 0.5) is 0 Å². The van der Waals surface area contributed by atoms with Crippen molar-refractivity contribution in [1.82, 2.24) is 4.90 Å². The molecule has 0 bridgehead atoms. The summed E-state index contributed by atoms with van der Waals surface area (Å²) in [5.41, 5.74) is 2.75. The van der Waals surface area contributed by atoms with Gasteiger partial charge in [-0.15, -0.1) is 0 Å². The van der Waals surface area contributed by atoms with E-state index < -0.39 is 0 Å². The van der Waals surface area contributed by atoms with Gasteiger partial charge < -0.3 is 4.74 Å². The van der Waals surface area contributed by atoms with Gasteiger partial charge in [-0.25, -0.2) is 0 Å².